The number of anilines is 1. The first-order valence-corrected chi connectivity index (χ1v) is 9.87. The van der Waals surface area contributed by atoms with Gasteiger partial charge in [0, 0.05) is 25.6 Å². The van der Waals surface area contributed by atoms with Crippen LogP contribution in [0.25, 0.3) is 0 Å². The van der Waals surface area contributed by atoms with Crippen LogP contribution >= 0.6 is 0 Å². The maximum atomic E-state index is 13.2. The monoisotopic (exact) mass is 380 g/mol. The van der Waals surface area contributed by atoms with E-state index in [0.29, 0.717) is 25.4 Å². The molecule has 0 radical (unpaired) electrons. The molecule has 2 amide bonds. The molecule has 0 aromatic heterocycles. The number of rotatable bonds is 7. The van der Waals surface area contributed by atoms with Crippen molar-refractivity contribution in [2.45, 2.75) is 39.8 Å². The molecule has 5 heteroatoms. The van der Waals surface area contributed by atoms with E-state index in [2.05, 4.69) is 0 Å². The Morgan fingerprint density at radius 3 is 2.50 bits per heavy atom. The maximum Gasteiger partial charge on any atom is 0.228 e. The second kappa shape index (κ2) is 8.91. The number of carbonyl (C=O) groups is 2. The van der Waals surface area contributed by atoms with E-state index in [0.717, 1.165) is 11.3 Å². The molecule has 1 fully saturated rings. The second-order valence-corrected chi connectivity index (χ2v) is 7.35. The average Bonchev–Trinajstić information content (AvgIpc) is 3.08. The minimum atomic E-state index is -0.340. The number of nitrogens with zero attached hydrogens (tertiary/aromatic N) is 2. The van der Waals surface area contributed by atoms with Gasteiger partial charge in [-0.1, -0.05) is 42.5 Å². The van der Waals surface area contributed by atoms with Crippen molar-refractivity contribution < 1.29 is 14.3 Å². The van der Waals surface area contributed by atoms with Crippen molar-refractivity contribution in [3.05, 3.63) is 60.2 Å². The third-order valence-electron chi connectivity index (χ3n) is 5.03. The quantitative estimate of drug-likeness (QED) is 0.733. The highest BCUT2D eigenvalue weighted by molar-refractivity contribution is 6.01. The zero-order valence-electron chi connectivity index (χ0n) is 16.8. The third-order valence-corrected chi connectivity index (χ3v) is 5.03. The number of hydrogen-bond donors (Lipinski definition) is 0. The molecule has 2 aromatic rings. The Hall–Kier alpha value is -2.82. The van der Waals surface area contributed by atoms with Gasteiger partial charge in [-0.05, 0) is 38.5 Å². The first-order valence-electron chi connectivity index (χ1n) is 9.87. The van der Waals surface area contributed by atoms with Crippen LogP contribution in [0.15, 0.2) is 54.6 Å². The van der Waals surface area contributed by atoms with Gasteiger partial charge in [0.25, 0.3) is 0 Å². The SMILES string of the molecule is CCOc1ccccc1N1CC(C(=O)N(Cc2ccccc2)C(C)C)CC1=O. The van der Waals surface area contributed by atoms with E-state index in [1.54, 1.807) is 4.90 Å². The van der Waals surface area contributed by atoms with Gasteiger partial charge in [-0.2, -0.15) is 0 Å². The molecule has 1 atom stereocenters. The number of benzene rings is 2. The van der Waals surface area contributed by atoms with E-state index < -0.39 is 0 Å². The number of para-hydroxylation sites is 2. The highest BCUT2D eigenvalue weighted by atomic mass is 16.5. The predicted octanol–water partition coefficient (Wildman–Crippen LogP) is 3.88. The topological polar surface area (TPSA) is 49.9 Å². The lowest BCUT2D eigenvalue weighted by Crippen LogP contribution is -2.41. The summed E-state index contributed by atoms with van der Waals surface area (Å²) in [6, 6.07) is 17.5. The minimum absolute atomic E-state index is 0.0311. The largest absolute Gasteiger partial charge is 0.492 e. The van der Waals surface area contributed by atoms with Gasteiger partial charge < -0.3 is 14.5 Å². The summed E-state index contributed by atoms with van der Waals surface area (Å²) in [6.45, 7) is 7.41. The Morgan fingerprint density at radius 1 is 1.14 bits per heavy atom. The Labute approximate surface area is 166 Å². The lowest BCUT2D eigenvalue weighted by molar-refractivity contribution is -0.138. The van der Waals surface area contributed by atoms with Crippen molar-refractivity contribution in [2.75, 3.05) is 18.1 Å². The second-order valence-electron chi connectivity index (χ2n) is 7.35. The Bertz CT molecular complexity index is 820. The van der Waals surface area contributed by atoms with Crippen LogP contribution in [0.3, 0.4) is 0 Å². The van der Waals surface area contributed by atoms with E-state index in [1.165, 1.54) is 0 Å². The predicted molar refractivity (Wildman–Crippen MR) is 110 cm³/mol. The normalized spacial score (nSPS) is 16.5. The number of ether oxygens (including phenoxy) is 1. The van der Waals surface area contributed by atoms with Crippen molar-refractivity contribution in [3.63, 3.8) is 0 Å². The zero-order chi connectivity index (χ0) is 20.1. The molecule has 1 unspecified atom stereocenters. The standard InChI is InChI=1S/C23H28N2O3/c1-4-28-21-13-9-8-12-20(21)25-16-19(14-22(25)26)23(27)24(17(2)3)15-18-10-6-5-7-11-18/h5-13,17,19H,4,14-16H2,1-3H3. The molecule has 28 heavy (non-hydrogen) atoms. The number of hydrogen-bond acceptors (Lipinski definition) is 3. The first-order chi connectivity index (χ1) is 13.5. The summed E-state index contributed by atoms with van der Waals surface area (Å²) in [4.78, 5) is 29.5. The van der Waals surface area contributed by atoms with Crippen molar-refractivity contribution in [2.24, 2.45) is 5.92 Å². The van der Waals surface area contributed by atoms with Gasteiger partial charge >= 0.3 is 0 Å². The summed E-state index contributed by atoms with van der Waals surface area (Å²) in [5, 5.41) is 0. The summed E-state index contributed by atoms with van der Waals surface area (Å²) >= 11 is 0. The van der Waals surface area contributed by atoms with Crippen LogP contribution in [-0.4, -0.2) is 35.9 Å². The van der Waals surface area contributed by atoms with Gasteiger partial charge in [0.2, 0.25) is 11.8 Å². The van der Waals surface area contributed by atoms with Gasteiger partial charge in [-0.25, -0.2) is 0 Å². The Kier molecular flexibility index (Phi) is 6.34. The molecule has 1 aliphatic rings. The van der Waals surface area contributed by atoms with E-state index in [4.69, 9.17) is 4.74 Å². The molecule has 148 valence electrons. The minimum Gasteiger partial charge on any atom is -0.492 e. The van der Waals surface area contributed by atoms with Crippen LogP contribution in [0.1, 0.15) is 32.8 Å². The average molecular weight is 380 g/mol. The van der Waals surface area contributed by atoms with Gasteiger partial charge in [0.15, 0.2) is 0 Å². The van der Waals surface area contributed by atoms with Crippen molar-refractivity contribution in [3.8, 4) is 5.75 Å². The van der Waals surface area contributed by atoms with E-state index >= 15 is 0 Å². The van der Waals surface area contributed by atoms with Gasteiger partial charge in [0.1, 0.15) is 5.75 Å². The van der Waals surface area contributed by atoms with Crippen LogP contribution in [0, 0.1) is 5.92 Å². The van der Waals surface area contributed by atoms with Gasteiger partial charge in [-0.15, -0.1) is 0 Å². The molecule has 0 spiro atoms. The number of amides is 2. The van der Waals surface area contributed by atoms with E-state index in [9.17, 15) is 9.59 Å². The van der Waals surface area contributed by atoms with Crippen LogP contribution in [0.4, 0.5) is 5.69 Å². The molecule has 0 N–H and O–H groups in total. The lowest BCUT2D eigenvalue weighted by atomic mass is 10.1. The fourth-order valence-corrected chi connectivity index (χ4v) is 3.59. The van der Waals surface area contributed by atoms with Crippen molar-refractivity contribution in [1.29, 1.82) is 0 Å². The first kappa shape index (κ1) is 19.9. The smallest absolute Gasteiger partial charge is 0.228 e. The molecule has 5 nitrogen and oxygen atoms in total. The Morgan fingerprint density at radius 2 is 1.82 bits per heavy atom. The molecule has 3 rings (SSSR count). The van der Waals surface area contributed by atoms with Gasteiger partial charge in [-0.3, -0.25) is 9.59 Å². The molecule has 0 saturated carbocycles. The van der Waals surface area contributed by atoms with Gasteiger partial charge in [0.05, 0.1) is 18.2 Å². The fourth-order valence-electron chi connectivity index (χ4n) is 3.59. The molecule has 0 aliphatic carbocycles. The van der Waals surface area contributed by atoms with Crippen LogP contribution < -0.4 is 9.64 Å². The molecule has 1 aliphatic heterocycles. The lowest BCUT2D eigenvalue weighted by Gasteiger charge is -2.29. The molecular weight excluding hydrogens is 352 g/mol. The van der Waals surface area contributed by atoms with E-state index in [1.807, 2.05) is 80.3 Å². The summed E-state index contributed by atoms with van der Waals surface area (Å²) in [7, 11) is 0. The Balaban J connectivity index is 1.77. The zero-order valence-corrected chi connectivity index (χ0v) is 16.8. The molecular formula is C23H28N2O3. The number of carbonyl (C=O) groups excluding carboxylic acids is 2. The van der Waals surface area contributed by atoms with Crippen LogP contribution in [0.2, 0.25) is 0 Å². The van der Waals surface area contributed by atoms with Crippen molar-refractivity contribution >= 4 is 17.5 Å². The molecule has 2 aromatic carbocycles. The maximum absolute atomic E-state index is 13.2. The van der Waals surface area contributed by atoms with Crippen molar-refractivity contribution in [1.82, 2.24) is 4.90 Å². The third kappa shape index (κ3) is 4.35. The molecule has 1 heterocycles. The highest BCUT2D eigenvalue weighted by Crippen LogP contribution is 2.34. The summed E-state index contributed by atoms with van der Waals surface area (Å²) in [5.74, 6) is 0.335. The fraction of sp³-hybridized carbons (Fsp3) is 0.391. The summed E-state index contributed by atoms with van der Waals surface area (Å²) < 4.78 is 5.67. The highest BCUT2D eigenvalue weighted by Gasteiger charge is 2.38. The van der Waals surface area contributed by atoms with Crippen LogP contribution in [-0.2, 0) is 16.1 Å². The summed E-state index contributed by atoms with van der Waals surface area (Å²) in [6.07, 6.45) is 0.233. The van der Waals surface area contributed by atoms with E-state index in [-0.39, 0.29) is 30.2 Å². The molecule has 1 saturated heterocycles. The summed E-state index contributed by atoms with van der Waals surface area (Å²) in [5.41, 5.74) is 1.83. The molecule has 0 bridgehead atoms. The van der Waals surface area contributed by atoms with Crippen LogP contribution in [0.5, 0.6) is 5.75 Å².